The van der Waals surface area contributed by atoms with Crippen molar-refractivity contribution in [2.24, 2.45) is 0 Å². The highest BCUT2D eigenvalue weighted by Gasteiger charge is 2.54. The van der Waals surface area contributed by atoms with Gasteiger partial charge in [0.15, 0.2) is 18.9 Å². The molecule has 0 aliphatic carbocycles. The van der Waals surface area contributed by atoms with Gasteiger partial charge in [0.25, 0.3) is 0 Å². The van der Waals surface area contributed by atoms with Gasteiger partial charge in [-0.25, -0.2) is 0 Å². The second-order valence-corrected chi connectivity index (χ2v) is 32.4. The Hall–Kier alpha value is -2.51. The van der Waals surface area contributed by atoms with Gasteiger partial charge in [0.1, 0.15) is 73.2 Å². The SMILES string of the molecule is CC/C=C\C/C=C\C/C=C\C/C=C\CCCCCCCCCCCCCCCCCCCCCCC(=O)NC(COC1OC(CO)C(OC2OC(CO)C(OC3OC(CO)C(O)C(O)C3O)C(O)C2O)C(O)C1O)C(O)/C=C/CCCCCCCCCCCCCCCCCCCCCCCCCCCCCCCC. The Labute approximate surface area is 668 Å². The van der Waals surface area contributed by atoms with Crippen LogP contribution in [0.15, 0.2) is 60.8 Å². The summed E-state index contributed by atoms with van der Waals surface area (Å²) in [4.78, 5) is 13.5. The maximum atomic E-state index is 13.5. The summed E-state index contributed by atoms with van der Waals surface area (Å²) in [6.07, 6.45) is 66.6. The minimum absolute atomic E-state index is 0.245. The molecule has 3 aliphatic heterocycles. The van der Waals surface area contributed by atoms with Crippen LogP contribution >= 0.6 is 0 Å². The van der Waals surface area contributed by atoms with Crippen LogP contribution in [0, 0.1) is 0 Å². The third-order valence-corrected chi connectivity index (χ3v) is 22.6. The highest BCUT2D eigenvalue weighted by Crippen LogP contribution is 2.34. The van der Waals surface area contributed by atoms with Crippen molar-refractivity contribution in [3.8, 4) is 0 Å². The van der Waals surface area contributed by atoms with E-state index < -0.39 is 124 Å². The molecule has 1 amide bonds. The van der Waals surface area contributed by atoms with Crippen molar-refractivity contribution in [3.05, 3.63) is 60.8 Å². The number of allylic oxidation sites excluding steroid dienone is 9. The molecule has 3 saturated heterocycles. The van der Waals surface area contributed by atoms with Crippen molar-refractivity contribution in [2.75, 3.05) is 26.4 Å². The van der Waals surface area contributed by atoms with Gasteiger partial charge in [-0.2, -0.15) is 0 Å². The van der Waals surface area contributed by atoms with E-state index in [2.05, 4.69) is 67.8 Å². The smallest absolute Gasteiger partial charge is 0.220 e. The summed E-state index contributed by atoms with van der Waals surface area (Å²) in [5.41, 5.74) is 0. The van der Waals surface area contributed by atoms with Gasteiger partial charge in [-0.1, -0.05) is 376 Å². The molecule has 19 heteroatoms. The third kappa shape index (κ3) is 48.9. The maximum Gasteiger partial charge on any atom is 0.220 e. The third-order valence-electron chi connectivity index (χ3n) is 22.6. The molecule has 12 N–H and O–H groups in total. The Bertz CT molecular complexity index is 2220. The summed E-state index contributed by atoms with van der Waals surface area (Å²) in [7, 11) is 0. The lowest BCUT2D eigenvalue weighted by Gasteiger charge is -2.48. The van der Waals surface area contributed by atoms with E-state index in [-0.39, 0.29) is 18.9 Å². The fourth-order valence-electron chi connectivity index (χ4n) is 15.4. The molecule has 0 aromatic rings. The molecule has 0 radical (unpaired) electrons. The van der Waals surface area contributed by atoms with Gasteiger partial charge in [-0.15, -0.1) is 0 Å². The lowest BCUT2D eigenvalue weighted by Crippen LogP contribution is -2.66. The number of carbonyl (C=O) groups is 1. The van der Waals surface area contributed by atoms with Crippen molar-refractivity contribution < 1.29 is 89.4 Å². The first-order chi connectivity index (χ1) is 53.8. The van der Waals surface area contributed by atoms with Crippen LogP contribution in [0.1, 0.15) is 380 Å². The van der Waals surface area contributed by atoms with Crippen molar-refractivity contribution in [1.29, 1.82) is 0 Å². The van der Waals surface area contributed by atoms with Crippen LogP contribution in [0.25, 0.3) is 0 Å². The fraction of sp³-hybridized carbons (Fsp3) is 0.879. The zero-order chi connectivity index (χ0) is 79.5. The Morgan fingerprint density at radius 1 is 0.336 bits per heavy atom. The molecule has 0 spiro atoms. The van der Waals surface area contributed by atoms with Gasteiger partial charge in [-0.05, 0) is 57.8 Å². The maximum absolute atomic E-state index is 13.5. The van der Waals surface area contributed by atoms with E-state index in [1.807, 2.05) is 6.08 Å². The van der Waals surface area contributed by atoms with Crippen LogP contribution in [0.3, 0.4) is 0 Å². The lowest BCUT2D eigenvalue weighted by molar-refractivity contribution is -0.379. The minimum atomic E-state index is -1.98. The molecular weight excluding hydrogens is 1390 g/mol. The van der Waals surface area contributed by atoms with Crippen molar-refractivity contribution in [2.45, 2.75) is 484 Å². The van der Waals surface area contributed by atoms with E-state index >= 15 is 0 Å². The van der Waals surface area contributed by atoms with E-state index in [4.69, 9.17) is 28.4 Å². The van der Waals surface area contributed by atoms with E-state index in [1.165, 1.54) is 283 Å². The second kappa shape index (κ2) is 70.7. The molecular formula is C91H167NO18. The number of hydrogen-bond acceptors (Lipinski definition) is 18. The van der Waals surface area contributed by atoms with Crippen molar-refractivity contribution >= 4 is 5.91 Å². The monoisotopic (exact) mass is 1560 g/mol. The van der Waals surface area contributed by atoms with Crippen molar-refractivity contribution in [1.82, 2.24) is 5.32 Å². The van der Waals surface area contributed by atoms with Crippen LogP contribution < -0.4 is 5.32 Å². The molecule has 17 atom stereocenters. The average Bonchev–Trinajstić information content (AvgIpc) is 0.780. The number of aliphatic hydroxyl groups excluding tert-OH is 11. The van der Waals surface area contributed by atoms with Gasteiger partial charge in [0.2, 0.25) is 5.91 Å². The summed E-state index contributed by atoms with van der Waals surface area (Å²) in [6, 6.07) is -0.976. The van der Waals surface area contributed by atoms with E-state index in [9.17, 15) is 61.0 Å². The molecule has 0 bridgehead atoms. The molecule has 0 aromatic carbocycles. The summed E-state index contributed by atoms with van der Waals surface area (Å²) in [5.74, 6) is -0.269. The summed E-state index contributed by atoms with van der Waals surface area (Å²) < 4.78 is 34.5. The first-order valence-corrected chi connectivity index (χ1v) is 45.5. The molecule has 0 aromatic heterocycles. The van der Waals surface area contributed by atoms with Gasteiger partial charge in [0, 0.05) is 6.42 Å². The van der Waals surface area contributed by atoms with Gasteiger partial charge in [-0.3, -0.25) is 4.79 Å². The normalized spacial score (nSPS) is 25.4. The number of nitrogens with one attached hydrogen (secondary N) is 1. The number of hydrogen-bond donors (Lipinski definition) is 12. The average molecular weight is 1560 g/mol. The fourth-order valence-corrected chi connectivity index (χ4v) is 15.4. The zero-order valence-electron chi connectivity index (χ0n) is 69.5. The lowest BCUT2D eigenvalue weighted by atomic mass is 9.96. The summed E-state index contributed by atoms with van der Waals surface area (Å²) in [5, 5.41) is 121. The zero-order valence-corrected chi connectivity index (χ0v) is 69.5. The Morgan fingerprint density at radius 3 is 0.982 bits per heavy atom. The Morgan fingerprint density at radius 2 is 0.627 bits per heavy atom. The quantitative estimate of drug-likeness (QED) is 0.0199. The predicted molar refractivity (Wildman–Crippen MR) is 443 cm³/mol. The van der Waals surface area contributed by atoms with E-state index in [1.54, 1.807) is 6.08 Å². The van der Waals surface area contributed by atoms with E-state index in [0.29, 0.717) is 6.42 Å². The number of carbonyl (C=O) groups excluding carboxylic acids is 1. The molecule has 3 rings (SSSR count). The standard InChI is InChI=1S/C91H167NO18/c1-3-5-7-9-11-13-15-17-19-21-23-25-27-29-31-33-35-37-39-41-43-45-47-49-51-53-55-57-59-61-63-65-67-69-79(97)92-74(75(96)68-66-64-62-60-58-56-54-52-50-48-46-44-42-40-38-36-34-32-30-28-26-24-22-20-18-16-14-12-10-8-6-4-2)73-105-89-85(103)82(100)87(77(71-94)107-89)110-91-86(104)83(101)88(78(72-95)108-91)109-90-84(102)81(99)80(98)76(70-93)106-90/h5,7,11,13,17,19,23,25,66,68,74-78,80-91,93-96,98-104H,3-4,6,8-10,12,14-16,18,20-22,24,26-65,67,69-73H2,1-2H3,(H,92,97)/b7-5-,13-11-,19-17-,25-23-,68-66+. The summed E-state index contributed by atoms with van der Waals surface area (Å²) >= 11 is 0. The number of aliphatic hydroxyl groups is 11. The van der Waals surface area contributed by atoms with Crippen LogP contribution in [0.5, 0.6) is 0 Å². The van der Waals surface area contributed by atoms with Gasteiger partial charge >= 0.3 is 0 Å². The minimum Gasteiger partial charge on any atom is -0.394 e. The van der Waals surface area contributed by atoms with Crippen molar-refractivity contribution in [3.63, 3.8) is 0 Å². The number of unbranched alkanes of at least 4 members (excludes halogenated alkanes) is 50. The number of rotatable bonds is 74. The number of amides is 1. The molecule has 19 nitrogen and oxygen atoms in total. The predicted octanol–water partition coefficient (Wildman–Crippen LogP) is 17.4. The second-order valence-electron chi connectivity index (χ2n) is 32.4. The first-order valence-electron chi connectivity index (χ1n) is 45.5. The van der Waals surface area contributed by atoms with Crippen LogP contribution in [-0.2, 0) is 33.2 Å². The first kappa shape index (κ1) is 102. The van der Waals surface area contributed by atoms with Gasteiger partial charge in [0.05, 0.1) is 38.6 Å². The molecule has 3 fully saturated rings. The highest BCUT2D eigenvalue weighted by atomic mass is 16.8. The summed E-state index contributed by atoms with van der Waals surface area (Å²) in [6.45, 7) is 1.69. The topological polar surface area (TPSA) is 307 Å². The highest BCUT2D eigenvalue weighted by molar-refractivity contribution is 5.76. The molecule has 3 heterocycles. The van der Waals surface area contributed by atoms with Gasteiger partial charge < -0.3 is 89.9 Å². The van der Waals surface area contributed by atoms with Crippen LogP contribution in [-0.4, -0.2) is 193 Å². The molecule has 3 aliphatic rings. The molecule has 0 saturated carbocycles. The molecule has 644 valence electrons. The largest absolute Gasteiger partial charge is 0.394 e. The molecule has 110 heavy (non-hydrogen) atoms. The van der Waals surface area contributed by atoms with Crippen LogP contribution in [0.2, 0.25) is 0 Å². The Kier molecular flexibility index (Phi) is 65.3. The van der Waals surface area contributed by atoms with E-state index in [0.717, 1.165) is 70.6 Å². The Balaban J connectivity index is 1.32. The van der Waals surface area contributed by atoms with Crippen LogP contribution in [0.4, 0.5) is 0 Å². The molecule has 17 unspecified atom stereocenters. The number of ether oxygens (including phenoxy) is 6.